The summed E-state index contributed by atoms with van der Waals surface area (Å²) in [6.45, 7) is 9.12. The van der Waals surface area contributed by atoms with E-state index in [1.54, 1.807) is 20.8 Å². The van der Waals surface area contributed by atoms with Crippen LogP contribution in [0.25, 0.3) is 0 Å². The number of carbonyl (C=O) groups is 3. The highest BCUT2D eigenvalue weighted by Gasteiger charge is 2.41. The van der Waals surface area contributed by atoms with Crippen LogP contribution in [0.3, 0.4) is 0 Å². The van der Waals surface area contributed by atoms with Crippen molar-refractivity contribution in [3.05, 3.63) is 48.6 Å². The van der Waals surface area contributed by atoms with E-state index in [0.717, 1.165) is 36.1 Å². The molecule has 1 N–H and O–H groups in total. The predicted molar refractivity (Wildman–Crippen MR) is 119 cm³/mol. The molecule has 170 valence electrons. The largest absolute Gasteiger partial charge is 0.447 e. The molecule has 0 bridgehead atoms. The summed E-state index contributed by atoms with van der Waals surface area (Å²) in [5.41, 5.74) is 0.314. The summed E-state index contributed by atoms with van der Waals surface area (Å²) in [4.78, 5) is 39.2. The molecule has 0 radical (unpaired) electrons. The first-order valence-corrected chi connectivity index (χ1v) is 10.9. The van der Waals surface area contributed by atoms with E-state index in [1.807, 2.05) is 36.4 Å². The van der Waals surface area contributed by atoms with Crippen molar-refractivity contribution in [2.75, 3.05) is 6.61 Å². The van der Waals surface area contributed by atoms with Gasteiger partial charge in [0.2, 0.25) is 0 Å². The minimum absolute atomic E-state index is 0.137. The van der Waals surface area contributed by atoms with Gasteiger partial charge >= 0.3 is 12.2 Å². The zero-order valence-corrected chi connectivity index (χ0v) is 18.8. The highest BCUT2D eigenvalue weighted by molar-refractivity contribution is 5.97. The van der Waals surface area contributed by atoms with Gasteiger partial charge in [0, 0.05) is 0 Å². The molecule has 1 heterocycles. The Kier molecular flexibility index (Phi) is 9.09. The number of benzene rings is 1. The maximum atomic E-state index is 13.3. The molecular formula is C24H34N2O5. The van der Waals surface area contributed by atoms with Crippen LogP contribution in [0, 0.1) is 0 Å². The number of hydrogen-bond acceptors (Lipinski definition) is 5. The molecule has 1 aromatic rings. The second-order valence-corrected chi connectivity index (χ2v) is 8.75. The zero-order chi connectivity index (χ0) is 22.9. The topological polar surface area (TPSA) is 84.9 Å². The number of alkyl carbamates (subject to hydrolysis) is 1. The van der Waals surface area contributed by atoms with Crippen LogP contribution in [0.15, 0.2) is 43.0 Å². The van der Waals surface area contributed by atoms with Gasteiger partial charge in [0.25, 0.3) is 5.91 Å². The Morgan fingerprint density at radius 2 is 1.97 bits per heavy atom. The number of rotatable bonds is 10. The number of amides is 3. The van der Waals surface area contributed by atoms with E-state index in [0.29, 0.717) is 12.8 Å². The first-order valence-electron chi connectivity index (χ1n) is 10.9. The highest BCUT2D eigenvalue weighted by Crippen LogP contribution is 2.20. The fourth-order valence-electron chi connectivity index (χ4n) is 3.46. The second-order valence-electron chi connectivity index (χ2n) is 8.75. The normalized spacial score (nSPS) is 17.1. The molecule has 0 aromatic heterocycles. The zero-order valence-electron chi connectivity index (χ0n) is 18.8. The van der Waals surface area contributed by atoms with Crippen molar-refractivity contribution in [1.82, 2.24) is 10.2 Å². The maximum Gasteiger partial charge on any atom is 0.417 e. The Morgan fingerprint density at radius 1 is 1.26 bits per heavy atom. The molecule has 2 rings (SSSR count). The third-order valence-corrected chi connectivity index (χ3v) is 4.90. The summed E-state index contributed by atoms with van der Waals surface area (Å²) in [6, 6.07) is 8.36. The minimum Gasteiger partial charge on any atom is -0.447 e. The fourth-order valence-corrected chi connectivity index (χ4v) is 3.46. The van der Waals surface area contributed by atoms with Crippen LogP contribution in [0.2, 0.25) is 0 Å². The SMILES string of the molecule is C=CCCCCC[C@H](NC(=O)OC(C)(C)C)C(=O)N1C(=O)OC[C@@H]1Cc1ccccc1. The van der Waals surface area contributed by atoms with Gasteiger partial charge < -0.3 is 14.8 Å². The summed E-state index contributed by atoms with van der Waals surface area (Å²) >= 11 is 0. The van der Waals surface area contributed by atoms with Gasteiger partial charge in [-0.2, -0.15) is 0 Å². The third-order valence-electron chi connectivity index (χ3n) is 4.90. The molecule has 0 saturated carbocycles. The van der Waals surface area contributed by atoms with Crippen LogP contribution in [0.4, 0.5) is 9.59 Å². The molecule has 0 aliphatic carbocycles. The van der Waals surface area contributed by atoms with Gasteiger partial charge in [0.05, 0.1) is 6.04 Å². The summed E-state index contributed by atoms with van der Waals surface area (Å²) in [5.74, 6) is -0.460. The Labute approximate surface area is 184 Å². The number of ether oxygens (including phenoxy) is 2. The number of hydrogen-bond donors (Lipinski definition) is 1. The summed E-state index contributed by atoms with van der Waals surface area (Å²) in [6.07, 6.45) is 4.90. The van der Waals surface area contributed by atoms with Crippen molar-refractivity contribution in [2.24, 2.45) is 0 Å². The molecule has 1 aliphatic rings. The Hall–Kier alpha value is -2.83. The van der Waals surface area contributed by atoms with Crippen LogP contribution in [0.5, 0.6) is 0 Å². The average molecular weight is 431 g/mol. The third kappa shape index (κ3) is 8.07. The average Bonchev–Trinajstić information content (AvgIpc) is 3.05. The van der Waals surface area contributed by atoms with E-state index in [9.17, 15) is 14.4 Å². The molecule has 7 heteroatoms. The smallest absolute Gasteiger partial charge is 0.417 e. The van der Waals surface area contributed by atoms with E-state index in [-0.39, 0.29) is 6.61 Å². The van der Waals surface area contributed by atoms with Gasteiger partial charge in [-0.3, -0.25) is 4.79 Å². The summed E-state index contributed by atoms with van der Waals surface area (Å²) in [7, 11) is 0. The lowest BCUT2D eigenvalue weighted by molar-refractivity contribution is -0.131. The van der Waals surface area contributed by atoms with Crippen molar-refractivity contribution < 1.29 is 23.9 Å². The minimum atomic E-state index is -0.859. The van der Waals surface area contributed by atoms with E-state index in [1.165, 1.54) is 0 Å². The lowest BCUT2D eigenvalue weighted by atomic mass is 10.0. The first kappa shape index (κ1) is 24.4. The van der Waals surface area contributed by atoms with Crippen LogP contribution in [-0.2, 0) is 20.7 Å². The van der Waals surface area contributed by atoms with Crippen LogP contribution < -0.4 is 5.32 Å². The monoisotopic (exact) mass is 430 g/mol. The lowest BCUT2D eigenvalue weighted by Crippen LogP contribution is -2.52. The van der Waals surface area contributed by atoms with Gasteiger partial charge in [-0.25, -0.2) is 14.5 Å². The number of imide groups is 1. The molecule has 7 nitrogen and oxygen atoms in total. The Bertz CT molecular complexity index is 757. The second kappa shape index (κ2) is 11.5. The lowest BCUT2D eigenvalue weighted by Gasteiger charge is -2.27. The Morgan fingerprint density at radius 3 is 2.61 bits per heavy atom. The van der Waals surface area contributed by atoms with Crippen molar-refractivity contribution >= 4 is 18.1 Å². The number of cyclic esters (lactones) is 1. The number of unbranched alkanes of at least 4 members (excludes halogenated alkanes) is 3. The number of carbonyl (C=O) groups excluding carboxylic acids is 3. The Balaban J connectivity index is 2.10. The van der Waals surface area contributed by atoms with Crippen molar-refractivity contribution in [3.8, 4) is 0 Å². The molecule has 1 saturated heterocycles. The standard InChI is InChI=1S/C24H34N2O5/c1-5-6-7-8-12-15-20(25-22(28)31-24(2,3)4)21(27)26-19(17-30-23(26)29)16-18-13-10-9-11-14-18/h5,9-11,13-14,19-20H,1,6-8,12,15-17H2,2-4H3,(H,25,28)/t19-,20-/m0/s1. The summed E-state index contributed by atoms with van der Waals surface area (Å²) in [5, 5.41) is 2.67. The predicted octanol–water partition coefficient (Wildman–Crippen LogP) is 4.61. The molecule has 1 aliphatic heterocycles. The van der Waals surface area contributed by atoms with Crippen LogP contribution in [0.1, 0.15) is 58.4 Å². The highest BCUT2D eigenvalue weighted by atomic mass is 16.6. The van der Waals surface area contributed by atoms with Crippen molar-refractivity contribution in [3.63, 3.8) is 0 Å². The number of allylic oxidation sites excluding steroid dienone is 1. The molecule has 2 atom stereocenters. The van der Waals surface area contributed by atoms with E-state index < -0.39 is 35.8 Å². The first-order chi connectivity index (χ1) is 14.7. The number of nitrogens with zero attached hydrogens (tertiary/aromatic N) is 1. The van der Waals surface area contributed by atoms with E-state index in [2.05, 4.69) is 11.9 Å². The van der Waals surface area contributed by atoms with Gasteiger partial charge in [-0.15, -0.1) is 6.58 Å². The quantitative estimate of drug-likeness (QED) is 0.433. The van der Waals surface area contributed by atoms with Crippen LogP contribution in [-0.4, -0.2) is 47.3 Å². The maximum absolute atomic E-state index is 13.3. The van der Waals surface area contributed by atoms with Gasteiger partial charge in [-0.05, 0) is 52.0 Å². The van der Waals surface area contributed by atoms with E-state index >= 15 is 0 Å². The van der Waals surface area contributed by atoms with Crippen molar-refractivity contribution in [1.29, 1.82) is 0 Å². The van der Waals surface area contributed by atoms with Gasteiger partial charge in [-0.1, -0.05) is 49.2 Å². The molecule has 0 spiro atoms. The van der Waals surface area contributed by atoms with Crippen LogP contribution >= 0.6 is 0 Å². The molecule has 1 aromatic carbocycles. The molecule has 1 fully saturated rings. The van der Waals surface area contributed by atoms with Crippen molar-refractivity contribution in [2.45, 2.75) is 77.0 Å². The molecule has 0 unspecified atom stereocenters. The van der Waals surface area contributed by atoms with Gasteiger partial charge in [0.15, 0.2) is 0 Å². The van der Waals surface area contributed by atoms with E-state index in [4.69, 9.17) is 9.47 Å². The van der Waals surface area contributed by atoms with Gasteiger partial charge in [0.1, 0.15) is 18.2 Å². The molecular weight excluding hydrogens is 396 g/mol. The summed E-state index contributed by atoms with van der Waals surface area (Å²) < 4.78 is 10.5. The molecule has 31 heavy (non-hydrogen) atoms. The molecule has 3 amide bonds. The number of nitrogens with one attached hydrogen (secondary N) is 1. The fraction of sp³-hybridized carbons (Fsp3) is 0.542.